The highest BCUT2D eigenvalue weighted by Gasteiger charge is 2.21. The van der Waals surface area contributed by atoms with Gasteiger partial charge in [-0.3, -0.25) is 0 Å². The predicted molar refractivity (Wildman–Crippen MR) is 39.0 cm³/mol. The molecular weight excluding hydrogens is 112 g/mol. The van der Waals surface area contributed by atoms with E-state index in [0.717, 1.165) is 12.8 Å². The molecule has 0 aromatic carbocycles. The van der Waals surface area contributed by atoms with E-state index in [0.29, 0.717) is 18.0 Å². The van der Waals surface area contributed by atoms with Crippen molar-refractivity contribution in [2.75, 3.05) is 0 Å². The smallest absolute Gasteiger partial charge is 0.00792 e. The summed E-state index contributed by atoms with van der Waals surface area (Å²) in [6.07, 6.45) is 3.39. The summed E-state index contributed by atoms with van der Waals surface area (Å²) in [5.41, 5.74) is 11.5. The Kier molecular flexibility index (Phi) is 2.09. The zero-order chi connectivity index (χ0) is 6.85. The summed E-state index contributed by atoms with van der Waals surface area (Å²) < 4.78 is 0. The summed E-state index contributed by atoms with van der Waals surface area (Å²) in [5.74, 6) is 0.685. The van der Waals surface area contributed by atoms with E-state index in [1.807, 2.05) is 0 Å². The Morgan fingerprint density at radius 3 is 2.33 bits per heavy atom. The van der Waals surface area contributed by atoms with E-state index < -0.39 is 0 Å². The maximum absolute atomic E-state index is 5.79. The molecule has 1 aliphatic rings. The van der Waals surface area contributed by atoms with E-state index in [1.54, 1.807) is 0 Å². The van der Waals surface area contributed by atoms with Crippen LogP contribution in [0, 0.1) is 5.92 Å². The quantitative estimate of drug-likeness (QED) is 0.498. The lowest BCUT2D eigenvalue weighted by Gasteiger charge is -2.29. The standard InChI is InChI=1S/C7H16N2/c1-5-2-3-6(8)4-7(5)9/h5-7H,2-4,8-9H2,1H3/t5-,6-,7?/m0/s1. The third kappa shape index (κ3) is 1.66. The molecule has 2 nitrogen and oxygen atoms in total. The zero-order valence-electron chi connectivity index (χ0n) is 6.01. The first-order valence-electron chi connectivity index (χ1n) is 3.71. The van der Waals surface area contributed by atoms with Crippen LogP contribution >= 0.6 is 0 Å². The Bertz CT molecular complexity index is 92.9. The second-order valence-electron chi connectivity index (χ2n) is 3.21. The van der Waals surface area contributed by atoms with E-state index in [9.17, 15) is 0 Å². The average molecular weight is 128 g/mol. The van der Waals surface area contributed by atoms with Crippen molar-refractivity contribution in [1.29, 1.82) is 0 Å². The van der Waals surface area contributed by atoms with Crippen LogP contribution in [0.4, 0.5) is 0 Å². The molecule has 1 fully saturated rings. The molecule has 0 heterocycles. The first-order valence-corrected chi connectivity index (χ1v) is 3.71. The summed E-state index contributed by atoms with van der Waals surface area (Å²) in [4.78, 5) is 0. The molecule has 1 aliphatic carbocycles. The lowest BCUT2D eigenvalue weighted by molar-refractivity contribution is 0.301. The van der Waals surface area contributed by atoms with Crippen LogP contribution in [0.5, 0.6) is 0 Å². The van der Waals surface area contributed by atoms with Gasteiger partial charge in [-0.1, -0.05) is 6.92 Å². The third-order valence-electron chi connectivity index (χ3n) is 2.30. The molecule has 1 saturated carbocycles. The molecule has 4 N–H and O–H groups in total. The number of hydrogen-bond donors (Lipinski definition) is 2. The molecule has 0 radical (unpaired) electrons. The number of rotatable bonds is 0. The van der Waals surface area contributed by atoms with Gasteiger partial charge in [-0.2, -0.15) is 0 Å². The van der Waals surface area contributed by atoms with Gasteiger partial charge in [-0.15, -0.1) is 0 Å². The second kappa shape index (κ2) is 2.67. The van der Waals surface area contributed by atoms with Gasteiger partial charge < -0.3 is 11.5 Å². The highest BCUT2D eigenvalue weighted by molar-refractivity contribution is 4.81. The van der Waals surface area contributed by atoms with Gasteiger partial charge in [0.25, 0.3) is 0 Å². The molecule has 3 atom stereocenters. The Labute approximate surface area is 56.6 Å². The molecule has 54 valence electrons. The largest absolute Gasteiger partial charge is 0.328 e. The Balaban J connectivity index is 2.35. The Morgan fingerprint density at radius 1 is 1.22 bits per heavy atom. The lowest BCUT2D eigenvalue weighted by atomic mass is 9.84. The van der Waals surface area contributed by atoms with Crippen LogP contribution < -0.4 is 11.5 Å². The molecule has 1 rings (SSSR count). The van der Waals surface area contributed by atoms with Gasteiger partial charge in [0.2, 0.25) is 0 Å². The maximum atomic E-state index is 5.79. The molecule has 0 aliphatic heterocycles. The molecular formula is C7H16N2. The highest BCUT2D eigenvalue weighted by atomic mass is 14.7. The molecule has 0 amide bonds. The van der Waals surface area contributed by atoms with E-state index >= 15 is 0 Å². The Morgan fingerprint density at radius 2 is 1.89 bits per heavy atom. The molecule has 0 spiro atoms. The molecule has 9 heavy (non-hydrogen) atoms. The molecule has 1 unspecified atom stereocenters. The van der Waals surface area contributed by atoms with Crippen LogP contribution in [0.3, 0.4) is 0 Å². The van der Waals surface area contributed by atoms with Crippen molar-refractivity contribution in [3.63, 3.8) is 0 Å². The fourth-order valence-corrected chi connectivity index (χ4v) is 1.39. The minimum atomic E-state index is 0.355. The van der Waals surface area contributed by atoms with Crippen LogP contribution in [-0.4, -0.2) is 12.1 Å². The van der Waals surface area contributed by atoms with Crippen molar-refractivity contribution in [1.82, 2.24) is 0 Å². The topological polar surface area (TPSA) is 52.0 Å². The fraction of sp³-hybridized carbons (Fsp3) is 1.00. The van der Waals surface area contributed by atoms with E-state index in [-0.39, 0.29) is 0 Å². The van der Waals surface area contributed by atoms with E-state index in [2.05, 4.69) is 6.92 Å². The molecule has 0 saturated heterocycles. The maximum Gasteiger partial charge on any atom is 0.00792 e. The third-order valence-corrected chi connectivity index (χ3v) is 2.30. The monoisotopic (exact) mass is 128 g/mol. The van der Waals surface area contributed by atoms with Gasteiger partial charge in [-0.25, -0.2) is 0 Å². The van der Waals surface area contributed by atoms with Gasteiger partial charge in [-0.05, 0) is 25.2 Å². The van der Waals surface area contributed by atoms with Crippen molar-refractivity contribution >= 4 is 0 Å². The van der Waals surface area contributed by atoms with Crippen molar-refractivity contribution in [2.24, 2.45) is 17.4 Å². The van der Waals surface area contributed by atoms with Crippen LogP contribution in [0.15, 0.2) is 0 Å². The summed E-state index contributed by atoms with van der Waals surface area (Å²) in [6.45, 7) is 2.20. The summed E-state index contributed by atoms with van der Waals surface area (Å²) >= 11 is 0. The minimum absolute atomic E-state index is 0.355. The molecule has 0 aromatic rings. The second-order valence-corrected chi connectivity index (χ2v) is 3.21. The van der Waals surface area contributed by atoms with Crippen LogP contribution in [0.25, 0.3) is 0 Å². The first kappa shape index (κ1) is 7.03. The summed E-state index contributed by atoms with van der Waals surface area (Å²) in [6, 6.07) is 0.727. The zero-order valence-corrected chi connectivity index (χ0v) is 6.01. The number of hydrogen-bond acceptors (Lipinski definition) is 2. The summed E-state index contributed by atoms with van der Waals surface area (Å²) in [7, 11) is 0. The van der Waals surface area contributed by atoms with Gasteiger partial charge in [0.1, 0.15) is 0 Å². The van der Waals surface area contributed by atoms with Crippen molar-refractivity contribution in [2.45, 2.75) is 38.3 Å². The fourth-order valence-electron chi connectivity index (χ4n) is 1.39. The van der Waals surface area contributed by atoms with Crippen LogP contribution in [0.1, 0.15) is 26.2 Å². The van der Waals surface area contributed by atoms with Crippen molar-refractivity contribution in [3.05, 3.63) is 0 Å². The average Bonchev–Trinajstić information content (AvgIpc) is 1.80. The van der Waals surface area contributed by atoms with Crippen molar-refractivity contribution < 1.29 is 0 Å². The molecule has 2 heteroatoms. The van der Waals surface area contributed by atoms with Crippen LogP contribution in [-0.2, 0) is 0 Å². The number of nitrogens with two attached hydrogens (primary N) is 2. The SMILES string of the molecule is C[C@H]1CC[C@H](N)CC1N. The minimum Gasteiger partial charge on any atom is -0.328 e. The molecule has 0 bridgehead atoms. The van der Waals surface area contributed by atoms with Gasteiger partial charge in [0, 0.05) is 12.1 Å². The van der Waals surface area contributed by atoms with E-state index in [1.165, 1.54) is 6.42 Å². The van der Waals surface area contributed by atoms with Gasteiger partial charge in [0.05, 0.1) is 0 Å². The van der Waals surface area contributed by atoms with Gasteiger partial charge in [0.15, 0.2) is 0 Å². The normalized spacial score (nSPS) is 45.0. The van der Waals surface area contributed by atoms with Crippen LogP contribution in [0.2, 0.25) is 0 Å². The Hall–Kier alpha value is -0.0800. The van der Waals surface area contributed by atoms with E-state index in [4.69, 9.17) is 11.5 Å². The van der Waals surface area contributed by atoms with Gasteiger partial charge >= 0.3 is 0 Å². The predicted octanol–water partition coefficient (Wildman–Crippen LogP) is 0.461. The lowest BCUT2D eigenvalue weighted by Crippen LogP contribution is -2.40. The molecule has 0 aromatic heterocycles. The van der Waals surface area contributed by atoms with Crippen molar-refractivity contribution in [3.8, 4) is 0 Å². The first-order chi connectivity index (χ1) is 4.20. The summed E-state index contributed by atoms with van der Waals surface area (Å²) in [5, 5.41) is 0. The highest BCUT2D eigenvalue weighted by Crippen LogP contribution is 2.20.